The van der Waals surface area contributed by atoms with E-state index < -0.39 is 0 Å². The first-order chi connectivity index (χ1) is 10.8. The Morgan fingerprint density at radius 1 is 1.14 bits per heavy atom. The van der Waals surface area contributed by atoms with Crippen molar-refractivity contribution in [2.75, 3.05) is 11.1 Å². The van der Waals surface area contributed by atoms with Crippen LogP contribution in [0.25, 0.3) is 0 Å². The Morgan fingerprint density at radius 2 is 2.00 bits per heavy atom. The number of thiazole rings is 1. The molecule has 0 saturated heterocycles. The van der Waals surface area contributed by atoms with Crippen LogP contribution in [0.2, 0.25) is 0 Å². The van der Waals surface area contributed by atoms with Crippen LogP contribution in [0.5, 0.6) is 0 Å². The number of nitrogens with one attached hydrogen (secondary N) is 1. The van der Waals surface area contributed by atoms with Crippen LogP contribution in [0.1, 0.15) is 11.3 Å². The Labute approximate surface area is 138 Å². The number of pyridine rings is 1. The molecule has 5 heteroatoms. The standard InChI is InChI=1S/C17H17N3S2/c1-13-12-22-17(19-13)20-16-8-7-15(11-18-16)21-10-9-14-5-3-2-4-6-14/h2-8,11-12H,9-10H2,1H3,(H,18,19,20). The molecule has 0 amide bonds. The quantitative estimate of drug-likeness (QED) is 0.652. The van der Waals surface area contributed by atoms with Gasteiger partial charge in [0.05, 0.1) is 5.69 Å². The number of aryl methyl sites for hydroxylation is 2. The predicted octanol–water partition coefficient (Wildman–Crippen LogP) is 4.92. The summed E-state index contributed by atoms with van der Waals surface area (Å²) in [6, 6.07) is 14.7. The van der Waals surface area contributed by atoms with Gasteiger partial charge in [0.25, 0.3) is 0 Å². The number of hydrogen-bond acceptors (Lipinski definition) is 5. The van der Waals surface area contributed by atoms with Crippen molar-refractivity contribution in [3.63, 3.8) is 0 Å². The van der Waals surface area contributed by atoms with Crippen molar-refractivity contribution < 1.29 is 0 Å². The second-order valence-electron chi connectivity index (χ2n) is 4.88. The molecule has 3 aromatic rings. The third-order valence-electron chi connectivity index (χ3n) is 3.09. The van der Waals surface area contributed by atoms with Gasteiger partial charge in [-0.05, 0) is 31.0 Å². The summed E-state index contributed by atoms with van der Waals surface area (Å²) in [4.78, 5) is 10.0. The highest BCUT2D eigenvalue weighted by Crippen LogP contribution is 2.22. The van der Waals surface area contributed by atoms with Gasteiger partial charge < -0.3 is 5.32 Å². The summed E-state index contributed by atoms with van der Waals surface area (Å²) in [5.74, 6) is 1.89. The summed E-state index contributed by atoms with van der Waals surface area (Å²) < 4.78 is 0. The molecule has 0 unspecified atom stereocenters. The minimum Gasteiger partial charge on any atom is -0.316 e. The Balaban J connectivity index is 1.51. The monoisotopic (exact) mass is 327 g/mol. The molecule has 0 spiro atoms. The lowest BCUT2D eigenvalue weighted by atomic mass is 10.2. The van der Waals surface area contributed by atoms with E-state index in [0.29, 0.717) is 0 Å². The summed E-state index contributed by atoms with van der Waals surface area (Å²) in [6.07, 6.45) is 2.99. The molecule has 3 rings (SSSR count). The minimum absolute atomic E-state index is 0.835. The zero-order valence-corrected chi connectivity index (χ0v) is 14.0. The summed E-state index contributed by atoms with van der Waals surface area (Å²) in [7, 11) is 0. The number of thioether (sulfide) groups is 1. The van der Waals surface area contributed by atoms with E-state index in [4.69, 9.17) is 0 Å². The molecule has 0 aliphatic carbocycles. The van der Waals surface area contributed by atoms with Gasteiger partial charge in [0.2, 0.25) is 0 Å². The van der Waals surface area contributed by atoms with Crippen LogP contribution >= 0.6 is 23.1 Å². The second kappa shape index (κ2) is 7.42. The highest BCUT2D eigenvalue weighted by Gasteiger charge is 2.01. The smallest absolute Gasteiger partial charge is 0.188 e. The van der Waals surface area contributed by atoms with Gasteiger partial charge in [-0.25, -0.2) is 9.97 Å². The molecule has 0 atom stereocenters. The number of benzene rings is 1. The van der Waals surface area contributed by atoms with Gasteiger partial charge in [0.15, 0.2) is 5.13 Å². The second-order valence-corrected chi connectivity index (χ2v) is 6.91. The molecule has 2 heterocycles. The van der Waals surface area contributed by atoms with Crippen LogP contribution in [-0.2, 0) is 6.42 Å². The molecule has 0 saturated carbocycles. The van der Waals surface area contributed by atoms with E-state index in [1.807, 2.05) is 36.3 Å². The van der Waals surface area contributed by atoms with E-state index in [2.05, 4.69) is 51.7 Å². The minimum atomic E-state index is 0.835. The van der Waals surface area contributed by atoms with Crippen molar-refractivity contribution in [2.45, 2.75) is 18.2 Å². The molecule has 0 aliphatic rings. The van der Waals surface area contributed by atoms with E-state index in [1.54, 1.807) is 11.3 Å². The molecule has 22 heavy (non-hydrogen) atoms. The van der Waals surface area contributed by atoms with Crippen LogP contribution in [0.15, 0.2) is 58.9 Å². The molecule has 0 aliphatic heterocycles. The Bertz CT molecular complexity index is 708. The number of nitrogens with zero attached hydrogens (tertiary/aromatic N) is 2. The third kappa shape index (κ3) is 4.32. The first-order valence-corrected chi connectivity index (χ1v) is 8.98. The first-order valence-electron chi connectivity index (χ1n) is 7.11. The normalized spacial score (nSPS) is 10.6. The van der Waals surface area contributed by atoms with Crippen LogP contribution in [-0.4, -0.2) is 15.7 Å². The molecule has 2 aromatic heterocycles. The number of hydrogen-bond donors (Lipinski definition) is 1. The van der Waals surface area contributed by atoms with Gasteiger partial charge in [-0.1, -0.05) is 30.3 Å². The van der Waals surface area contributed by atoms with E-state index in [0.717, 1.165) is 28.8 Å². The van der Waals surface area contributed by atoms with Crippen LogP contribution in [0, 0.1) is 6.92 Å². The maximum atomic E-state index is 4.44. The van der Waals surface area contributed by atoms with Crippen molar-refractivity contribution in [2.24, 2.45) is 0 Å². The Kier molecular flexibility index (Phi) is 5.08. The fourth-order valence-electron chi connectivity index (χ4n) is 1.99. The van der Waals surface area contributed by atoms with E-state index in [-0.39, 0.29) is 0 Å². The van der Waals surface area contributed by atoms with Crippen molar-refractivity contribution in [1.82, 2.24) is 9.97 Å². The third-order valence-corrected chi connectivity index (χ3v) is 4.95. The lowest BCUT2D eigenvalue weighted by Gasteiger charge is -2.04. The molecule has 0 bridgehead atoms. The molecular weight excluding hydrogens is 310 g/mol. The maximum absolute atomic E-state index is 4.44. The average molecular weight is 327 g/mol. The maximum Gasteiger partial charge on any atom is 0.188 e. The Morgan fingerprint density at radius 3 is 2.68 bits per heavy atom. The van der Waals surface area contributed by atoms with Gasteiger partial charge in [-0.3, -0.25) is 0 Å². The van der Waals surface area contributed by atoms with Gasteiger partial charge in [0.1, 0.15) is 5.82 Å². The predicted molar refractivity (Wildman–Crippen MR) is 95.2 cm³/mol. The van der Waals surface area contributed by atoms with Gasteiger partial charge in [0, 0.05) is 22.2 Å². The topological polar surface area (TPSA) is 37.8 Å². The van der Waals surface area contributed by atoms with Gasteiger partial charge >= 0.3 is 0 Å². The number of anilines is 2. The number of aromatic nitrogens is 2. The number of rotatable bonds is 6. The van der Waals surface area contributed by atoms with Crippen LogP contribution < -0.4 is 5.32 Å². The van der Waals surface area contributed by atoms with Crippen LogP contribution in [0.3, 0.4) is 0 Å². The first kappa shape index (κ1) is 15.1. The van der Waals surface area contributed by atoms with Crippen molar-refractivity contribution in [3.05, 3.63) is 65.3 Å². The summed E-state index contributed by atoms with van der Waals surface area (Å²) in [5, 5.41) is 6.13. The van der Waals surface area contributed by atoms with Gasteiger partial charge in [-0.2, -0.15) is 0 Å². The van der Waals surface area contributed by atoms with E-state index in [1.165, 1.54) is 10.5 Å². The fourth-order valence-corrected chi connectivity index (χ4v) is 3.55. The average Bonchev–Trinajstić information content (AvgIpc) is 2.95. The molecular formula is C17H17N3S2. The zero-order chi connectivity index (χ0) is 15.2. The lowest BCUT2D eigenvalue weighted by molar-refractivity contribution is 1.15. The van der Waals surface area contributed by atoms with Crippen molar-refractivity contribution in [3.8, 4) is 0 Å². The fraction of sp³-hybridized carbons (Fsp3) is 0.176. The molecule has 3 nitrogen and oxygen atoms in total. The SMILES string of the molecule is Cc1csc(Nc2ccc(SCCc3ccccc3)cn2)n1. The van der Waals surface area contributed by atoms with Crippen molar-refractivity contribution in [1.29, 1.82) is 0 Å². The van der Waals surface area contributed by atoms with Gasteiger partial charge in [-0.15, -0.1) is 23.1 Å². The molecule has 0 radical (unpaired) electrons. The Hall–Kier alpha value is -1.85. The molecule has 0 fully saturated rings. The zero-order valence-electron chi connectivity index (χ0n) is 12.3. The van der Waals surface area contributed by atoms with E-state index in [9.17, 15) is 0 Å². The summed E-state index contributed by atoms with van der Waals surface area (Å²) in [5.41, 5.74) is 2.40. The summed E-state index contributed by atoms with van der Waals surface area (Å²) in [6.45, 7) is 1.99. The molecule has 1 N–H and O–H groups in total. The van der Waals surface area contributed by atoms with Crippen molar-refractivity contribution >= 4 is 34.0 Å². The highest BCUT2D eigenvalue weighted by molar-refractivity contribution is 7.99. The lowest BCUT2D eigenvalue weighted by Crippen LogP contribution is -1.93. The molecule has 1 aromatic carbocycles. The van der Waals surface area contributed by atoms with E-state index >= 15 is 0 Å². The highest BCUT2D eigenvalue weighted by atomic mass is 32.2. The van der Waals surface area contributed by atoms with Crippen LogP contribution in [0.4, 0.5) is 10.9 Å². The molecule has 112 valence electrons. The summed E-state index contributed by atoms with van der Waals surface area (Å²) >= 11 is 3.42. The largest absolute Gasteiger partial charge is 0.316 e.